The number of alkyl halides is 1. The summed E-state index contributed by atoms with van der Waals surface area (Å²) in [6.07, 6.45) is 1.78. The molecular formula is C9H21ClN2O2S. The van der Waals surface area contributed by atoms with E-state index in [1.165, 1.54) is 4.31 Å². The van der Waals surface area contributed by atoms with Crippen LogP contribution in [0.3, 0.4) is 0 Å². The summed E-state index contributed by atoms with van der Waals surface area (Å²) in [6, 6.07) is 0. The van der Waals surface area contributed by atoms with Crippen molar-refractivity contribution in [2.45, 2.75) is 39.0 Å². The Kier molecular flexibility index (Phi) is 7.52. The molecule has 0 bridgehead atoms. The molecule has 0 aliphatic heterocycles. The Hall–Kier alpha value is 0.160. The van der Waals surface area contributed by atoms with Gasteiger partial charge in [0.15, 0.2) is 0 Å². The van der Waals surface area contributed by atoms with Crippen molar-refractivity contribution in [2.75, 3.05) is 19.6 Å². The van der Waals surface area contributed by atoms with Crippen LogP contribution in [0.25, 0.3) is 0 Å². The summed E-state index contributed by atoms with van der Waals surface area (Å²) in [4.78, 5) is 0. The van der Waals surface area contributed by atoms with Crippen LogP contribution in [0.5, 0.6) is 0 Å². The molecule has 0 rings (SSSR count). The third-order valence-corrected chi connectivity index (χ3v) is 4.23. The van der Waals surface area contributed by atoms with Gasteiger partial charge in [-0.3, -0.25) is 0 Å². The van der Waals surface area contributed by atoms with Gasteiger partial charge >= 0.3 is 0 Å². The standard InChI is InChI=1S/C9H21ClN2O2S/c1-4-7-9(10)8-11-15(13,14)12(5-2)6-3/h9,11H,4-8H2,1-3H3. The normalized spacial score (nSPS) is 14.5. The molecule has 6 heteroatoms. The van der Waals surface area contributed by atoms with E-state index in [0.717, 1.165) is 12.8 Å². The van der Waals surface area contributed by atoms with Gasteiger partial charge in [0.05, 0.1) is 0 Å². The first-order valence-electron chi connectivity index (χ1n) is 5.36. The minimum Gasteiger partial charge on any atom is -0.201 e. The molecule has 0 saturated carbocycles. The molecule has 1 unspecified atom stereocenters. The zero-order valence-electron chi connectivity index (χ0n) is 9.66. The van der Waals surface area contributed by atoms with E-state index in [1.807, 2.05) is 20.8 Å². The first-order valence-corrected chi connectivity index (χ1v) is 7.24. The van der Waals surface area contributed by atoms with Gasteiger partial charge < -0.3 is 0 Å². The van der Waals surface area contributed by atoms with Gasteiger partial charge in [0, 0.05) is 25.0 Å². The van der Waals surface area contributed by atoms with Crippen LogP contribution < -0.4 is 4.72 Å². The van der Waals surface area contributed by atoms with E-state index in [-0.39, 0.29) is 5.38 Å². The molecule has 0 aliphatic carbocycles. The fourth-order valence-corrected chi connectivity index (χ4v) is 2.93. The van der Waals surface area contributed by atoms with Crippen molar-refractivity contribution in [3.05, 3.63) is 0 Å². The molecule has 0 aliphatic rings. The largest absolute Gasteiger partial charge is 0.279 e. The van der Waals surface area contributed by atoms with Crippen LogP contribution in [0.2, 0.25) is 0 Å². The highest BCUT2D eigenvalue weighted by Gasteiger charge is 2.18. The maximum absolute atomic E-state index is 11.7. The highest BCUT2D eigenvalue weighted by Crippen LogP contribution is 2.05. The molecule has 0 aromatic rings. The number of rotatable bonds is 8. The molecule has 1 atom stereocenters. The lowest BCUT2D eigenvalue weighted by atomic mass is 10.2. The van der Waals surface area contributed by atoms with Crippen molar-refractivity contribution in [1.82, 2.24) is 9.03 Å². The van der Waals surface area contributed by atoms with Crippen LogP contribution in [0.4, 0.5) is 0 Å². The van der Waals surface area contributed by atoms with Crippen molar-refractivity contribution in [3.8, 4) is 0 Å². The monoisotopic (exact) mass is 256 g/mol. The van der Waals surface area contributed by atoms with Gasteiger partial charge in [-0.25, -0.2) is 4.72 Å². The molecule has 0 aromatic heterocycles. The molecule has 0 fully saturated rings. The van der Waals surface area contributed by atoms with Crippen molar-refractivity contribution in [1.29, 1.82) is 0 Å². The van der Waals surface area contributed by atoms with E-state index in [1.54, 1.807) is 0 Å². The molecule has 0 saturated heterocycles. The van der Waals surface area contributed by atoms with Gasteiger partial charge in [0.2, 0.25) is 0 Å². The molecular weight excluding hydrogens is 236 g/mol. The molecule has 0 spiro atoms. The molecule has 0 aromatic carbocycles. The lowest BCUT2D eigenvalue weighted by Crippen LogP contribution is -2.42. The molecule has 0 radical (unpaired) electrons. The molecule has 0 heterocycles. The number of hydrogen-bond donors (Lipinski definition) is 1. The Morgan fingerprint density at radius 1 is 1.27 bits per heavy atom. The van der Waals surface area contributed by atoms with E-state index < -0.39 is 10.2 Å². The number of halogens is 1. The van der Waals surface area contributed by atoms with Crippen LogP contribution in [-0.2, 0) is 10.2 Å². The van der Waals surface area contributed by atoms with Crippen LogP contribution >= 0.6 is 11.6 Å². The zero-order valence-corrected chi connectivity index (χ0v) is 11.2. The summed E-state index contributed by atoms with van der Waals surface area (Å²) >= 11 is 5.93. The highest BCUT2D eigenvalue weighted by molar-refractivity contribution is 7.87. The van der Waals surface area contributed by atoms with Crippen molar-refractivity contribution < 1.29 is 8.42 Å². The maximum Gasteiger partial charge on any atom is 0.279 e. The maximum atomic E-state index is 11.7. The molecule has 92 valence electrons. The van der Waals surface area contributed by atoms with Crippen molar-refractivity contribution in [2.24, 2.45) is 0 Å². The van der Waals surface area contributed by atoms with E-state index in [4.69, 9.17) is 11.6 Å². The Morgan fingerprint density at radius 3 is 2.20 bits per heavy atom. The predicted octanol–water partition coefficient (Wildman–Crippen LogP) is 1.57. The number of nitrogens with one attached hydrogen (secondary N) is 1. The fourth-order valence-electron chi connectivity index (χ4n) is 1.27. The average molecular weight is 257 g/mol. The van der Waals surface area contributed by atoms with Crippen molar-refractivity contribution in [3.63, 3.8) is 0 Å². The molecule has 0 amide bonds. The summed E-state index contributed by atoms with van der Waals surface area (Å²) in [5.74, 6) is 0. The first-order chi connectivity index (χ1) is 6.97. The summed E-state index contributed by atoms with van der Waals surface area (Å²) < 4.78 is 27.2. The fraction of sp³-hybridized carbons (Fsp3) is 1.00. The summed E-state index contributed by atoms with van der Waals surface area (Å²) in [7, 11) is -3.34. The topological polar surface area (TPSA) is 49.4 Å². The van der Waals surface area contributed by atoms with E-state index in [0.29, 0.717) is 19.6 Å². The highest BCUT2D eigenvalue weighted by atomic mass is 35.5. The summed E-state index contributed by atoms with van der Waals surface area (Å²) in [5, 5.41) is -0.125. The van der Waals surface area contributed by atoms with Gasteiger partial charge in [-0.15, -0.1) is 11.6 Å². The Bertz CT molecular complexity index is 253. The van der Waals surface area contributed by atoms with E-state index in [2.05, 4.69) is 4.72 Å². The van der Waals surface area contributed by atoms with Crippen LogP contribution in [-0.4, -0.2) is 37.7 Å². The van der Waals surface area contributed by atoms with Crippen LogP contribution in [0, 0.1) is 0 Å². The van der Waals surface area contributed by atoms with Crippen LogP contribution in [0.1, 0.15) is 33.6 Å². The lowest BCUT2D eigenvalue weighted by Gasteiger charge is -2.19. The summed E-state index contributed by atoms with van der Waals surface area (Å²) in [6.45, 7) is 6.90. The minimum absolute atomic E-state index is 0.125. The number of nitrogens with zero attached hydrogens (tertiary/aromatic N) is 1. The summed E-state index contributed by atoms with van der Waals surface area (Å²) in [5.41, 5.74) is 0. The SMILES string of the molecule is CCCC(Cl)CNS(=O)(=O)N(CC)CC. The third-order valence-electron chi connectivity index (χ3n) is 2.13. The molecule has 4 nitrogen and oxygen atoms in total. The smallest absolute Gasteiger partial charge is 0.201 e. The second kappa shape index (κ2) is 7.44. The quantitative estimate of drug-likeness (QED) is 0.671. The second-order valence-corrected chi connectivity index (χ2v) is 5.70. The lowest BCUT2D eigenvalue weighted by molar-refractivity contribution is 0.434. The Morgan fingerprint density at radius 2 is 1.80 bits per heavy atom. The van der Waals surface area contributed by atoms with Crippen LogP contribution in [0.15, 0.2) is 0 Å². The van der Waals surface area contributed by atoms with E-state index >= 15 is 0 Å². The Labute approximate surface area is 98.2 Å². The predicted molar refractivity (Wildman–Crippen MR) is 64.4 cm³/mol. The molecule has 1 N–H and O–H groups in total. The Balaban J connectivity index is 4.14. The second-order valence-electron chi connectivity index (χ2n) is 3.32. The first kappa shape index (κ1) is 15.2. The average Bonchev–Trinajstić information content (AvgIpc) is 2.17. The third kappa shape index (κ3) is 5.70. The zero-order chi connectivity index (χ0) is 11.9. The van der Waals surface area contributed by atoms with Crippen molar-refractivity contribution >= 4 is 21.8 Å². The van der Waals surface area contributed by atoms with Gasteiger partial charge in [0.1, 0.15) is 0 Å². The van der Waals surface area contributed by atoms with Gasteiger partial charge in [-0.2, -0.15) is 12.7 Å². The van der Waals surface area contributed by atoms with Gasteiger partial charge in [0.25, 0.3) is 10.2 Å². The van der Waals surface area contributed by atoms with Gasteiger partial charge in [-0.1, -0.05) is 27.2 Å². The van der Waals surface area contributed by atoms with Gasteiger partial charge in [-0.05, 0) is 6.42 Å². The molecule has 15 heavy (non-hydrogen) atoms. The number of hydrogen-bond acceptors (Lipinski definition) is 2. The minimum atomic E-state index is -3.34. The van der Waals surface area contributed by atoms with E-state index in [9.17, 15) is 8.42 Å².